The summed E-state index contributed by atoms with van der Waals surface area (Å²) in [5, 5.41) is 14.3. The molecule has 0 bridgehead atoms. The van der Waals surface area contributed by atoms with Gasteiger partial charge < -0.3 is 0 Å². The first-order chi connectivity index (χ1) is 7.86. The van der Waals surface area contributed by atoms with Crippen molar-refractivity contribution >= 4 is 10.9 Å². The normalized spacial score (nSPS) is 10.5. The molecule has 0 radical (unpaired) electrons. The van der Waals surface area contributed by atoms with E-state index in [2.05, 4.69) is 18.1 Å². The predicted molar refractivity (Wildman–Crippen MR) is 64.0 cm³/mol. The monoisotopic (exact) mass is 213 g/mol. The number of rotatable bonds is 4. The van der Waals surface area contributed by atoms with E-state index in [-0.39, 0.29) is 0 Å². The number of hydrogen-bond donors (Lipinski definition) is 0. The largest absolute Gasteiger partial charge is 0.265 e. The number of unbranched alkanes of at least 4 members (excludes halogenated alkanes) is 2. The summed E-state index contributed by atoms with van der Waals surface area (Å²) < 4.78 is 1.99. The molecule has 82 valence electrons. The van der Waals surface area contributed by atoms with Gasteiger partial charge in [-0.3, -0.25) is 4.68 Å². The third-order valence-corrected chi connectivity index (χ3v) is 2.78. The van der Waals surface area contributed by atoms with Crippen molar-refractivity contribution in [2.75, 3.05) is 0 Å². The molecule has 3 heteroatoms. The lowest BCUT2D eigenvalue weighted by molar-refractivity contribution is 0.567. The average Bonchev–Trinajstić information content (AvgIpc) is 2.73. The van der Waals surface area contributed by atoms with E-state index >= 15 is 0 Å². The van der Waals surface area contributed by atoms with E-state index < -0.39 is 0 Å². The van der Waals surface area contributed by atoms with Crippen LogP contribution in [0.5, 0.6) is 0 Å². The predicted octanol–water partition coefficient (Wildman–Crippen LogP) is 3.10. The van der Waals surface area contributed by atoms with Crippen molar-refractivity contribution in [2.45, 2.75) is 32.7 Å². The van der Waals surface area contributed by atoms with Gasteiger partial charge in [0.2, 0.25) is 0 Å². The van der Waals surface area contributed by atoms with Crippen molar-refractivity contribution in [3.05, 3.63) is 30.0 Å². The maximum absolute atomic E-state index is 8.97. The third-order valence-electron chi connectivity index (χ3n) is 2.78. The molecule has 0 amide bonds. The Morgan fingerprint density at radius 2 is 2.25 bits per heavy atom. The van der Waals surface area contributed by atoms with Crippen LogP contribution in [0.15, 0.2) is 24.4 Å². The molecule has 0 atom stereocenters. The number of benzene rings is 1. The van der Waals surface area contributed by atoms with Gasteiger partial charge in [-0.15, -0.1) is 0 Å². The van der Waals surface area contributed by atoms with E-state index in [0.717, 1.165) is 23.9 Å². The van der Waals surface area contributed by atoms with Crippen LogP contribution in [-0.4, -0.2) is 9.78 Å². The molecule has 16 heavy (non-hydrogen) atoms. The Bertz CT molecular complexity index is 519. The van der Waals surface area contributed by atoms with Crippen LogP contribution in [0, 0.1) is 11.3 Å². The Morgan fingerprint density at radius 3 is 3.00 bits per heavy atom. The second-order valence-corrected chi connectivity index (χ2v) is 3.92. The molecule has 0 unspecified atom stereocenters. The van der Waals surface area contributed by atoms with Crippen molar-refractivity contribution in [3.8, 4) is 6.07 Å². The van der Waals surface area contributed by atoms with Crippen LogP contribution in [0.2, 0.25) is 0 Å². The van der Waals surface area contributed by atoms with Gasteiger partial charge in [-0.05, 0) is 18.6 Å². The second-order valence-electron chi connectivity index (χ2n) is 3.92. The topological polar surface area (TPSA) is 41.6 Å². The number of hydrogen-bond acceptors (Lipinski definition) is 2. The van der Waals surface area contributed by atoms with E-state index in [1.54, 1.807) is 6.20 Å². The van der Waals surface area contributed by atoms with Crippen LogP contribution in [0.4, 0.5) is 0 Å². The Hall–Kier alpha value is -1.82. The molecular weight excluding hydrogens is 198 g/mol. The zero-order chi connectivity index (χ0) is 11.4. The molecule has 1 aromatic heterocycles. The molecule has 2 rings (SSSR count). The van der Waals surface area contributed by atoms with Crippen molar-refractivity contribution in [1.29, 1.82) is 5.26 Å². The van der Waals surface area contributed by atoms with Gasteiger partial charge in [0.15, 0.2) is 0 Å². The van der Waals surface area contributed by atoms with E-state index in [1.165, 1.54) is 12.8 Å². The maximum Gasteiger partial charge on any atom is 0.0999 e. The highest BCUT2D eigenvalue weighted by molar-refractivity contribution is 5.84. The molecule has 0 saturated carbocycles. The first kappa shape index (κ1) is 10.7. The van der Waals surface area contributed by atoms with Crippen molar-refractivity contribution in [1.82, 2.24) is 9.78 Å². The van der Waals surface area contributed by atoms with Gasteiger partial charge in [0.25, 0.3) is 0 Å². The summed E-state index contributed by atoms with van der Waals surface area (Å²) in [6.07, 6.45) is 5.37. The van der Waals surface area contributed by atoms with Gasteiger partial charge in [-0.1, -0.05) is 25.8 Å². The zero-order valence-corrected chi connectivity index (χ0v) is 9.48. The first-order valence-electron chi connectivity index (χ1n) is 5.71. The second kappa shape index (κ2) is 4.80. The Kier molecular flexibility index (Phi) is 3.21. The number of fused-ring (bicyclic) bond motifs is 1. The minimum Gasteiger partial charge on any atom is -0.265 e. The number of nitriles is 1. The minimum atomic E-state index is 0.708. The molecule has 3 nitrogen and oxygen atoms in total. The van der Waals surface area contributed by atoms with E-state index in [4.69, 9.17) is 5.26 Å². The van der Waals surface area contributed by atoms with Gasteiger partial charge >= 0.3 is 0 Å². The van der Waals surface area contributed by atoms with Gasteiger partial charge in [0, 0.05) is 11.9 Å². The Labute approximate surface area is 95.3 Å². The summed E-state index contributed by atoms with van der Waals surface area (Å²) in [6.45, 7) is 3.13. The smallest absolute Gasteiger partial charge is 0.0999 e. The van der Waals surface area contributed by atoms with Crippen LogP contribution >= 0.6 is 0 Å². The molecule has 1 heterocycles. The van der Waals surface area contributed by atoms with Crippen LogP contribution in [0.1, 0.15) is 31.7 Å². The van der Waals surface area contributed by atoms with E-state index in [1.807, 2.05) is 22.9 Å². The van der Waals surface area contributed by atoms with Crippen LogP contribution in [0.3, 0.4) is 0 Å². The zero-order valence-electron chi connectivity index (χ0n) is 9.48. The number of aromatic nitrogens is 2. The summed E-state index contributed by atoms with van der Waals surface area (Å²) in [5.41, 5.74) is 1.77. The summed E-state index contributed by atoms with van der Waals surface area (Å²) >= 11 is 0. The quantitative estimate of drug-likeness (QED) is 0.732. The molecule has 0 aliphatic carbocycles. The number of aryl methyl sites for hydroxylation is 1. The van der Waals surface area contributed by atoms with E-state index in [0.29, 0.717) is 5.56 Å². The summed E-state index contributed by atoms with van der Waals surface area (Å²) in [4.78, 5) is 0. The van der Waals surface area contributed by atoms with Crippen molar-refractivity contribution < 1.29 is 0 Å². The van der Waals surface area contributed by atoms with Crippen LogP contribution < -0.4 is 0 Å². The summed E-state index contributed by atoms with van der Waals surface area (Å²) in [5.74, 6) is 0. The third kappa shape index (κ3) is 1.92. The van der Waals surface area contributed by atoms with Crippen LogP contribution in [0.25, 0.3) is 10.9 Å². The summed E-state index contributed by atoms with van der Waals surface area (Å²) in [6, 6.07) is 7.97. The summed E-state index contributed by atoms with van der Waals surface area (Å²) in [7, 11) is 0. The van der Waals surface area contributed by atoms with Gasteiger partial charge in [-0.25, -0.2) is 0 Å². The fraction of sp³-hybridized carbons (Fsp3) is 0.385. The van der Waals surface area contributed by atoms with Crippen LogP contribution in [-0.2, 0) is 6.54 Å². The number of nitrogens with zero attached hydrogens (tertiary/aromatic N) is 3. The average molecular weight is 213 g/mol. The highest BCUT2D eigenvalue weighted by atomic mass is 15.3. The van der Waals surface area contributed by atoms with Gasteiger partial charge in [0.05, 0.1) is 23.3 Å². The lowest BCUT2D eigenvalue weighted by Gasteiger charge is -2.02. The Morgan fingerprint density at radius 1 is 1.38 bits per heavy atom. The molecule has 0 saturated heterocycles. The van der Waals surface area contributed by atoms with Gasteiger partial charge in [-0.2, -0.15) is 10.4 Å². The SMILES string of the molecule is CCCCCn1ncc2c(C#N)cccc21. The van der Waals surface area contributed by atoms with Crippen molar-refractivity contribution in [2.24, 2.45) is 0 Å². The molecule has 0 fully saturated rings. The first-order valence-corrected chi connectivity index (χ1v) is 5.71. The molecule has 0 aliphatic rings. The maximum atomic E-state index is 8.97. The highest BCUT2D eigenvalue weighted by Crippen LogP contribution is 2.18. The minimum absolute atomic E-state index is 0.708. The molecule has 0 spiro atoms. The fourth-order valence-electron chi connectivity index (χ4n) is 1.89. The van der Waals surface area contributed by atoms with Gasteiger partial charge in [0.1, 0.15) is 0 Å². The standard InChI is InChI=1S/C13H15N3/c1-2-3-4-8-16-13-7-5-6-11(9-14)12(13)10-15-16/h5-7,10H,2-4,8H2,1H3. The molecule has 0 N–H and O–H groups in total. The van der Waals surface area contributed by atoms with Crippen molar-refractivity contribution in [3.63, 3.8) is 0 Å². The van der Waals surface area contributed by atoms with E-state index in [9.17, 15) is 0 Å². The molecule has 2 aromatic rings. The molecular formula is C13H15N3. The molecule has 0 aliphatic heterocycles. The molecule has 1 aromatic carbocycles. The highest BCUT2D eigenvalue weighted by Gasteiger charge is 2.05. The Balaban J connectivity index is 2.31. The fourth-order valence-corrected chi connectivity index (χ4v) is 1.89. The lowest BCUT2D eigenvalue weighted by Crippen LogP contribution is -1.99. The lowest BCUT2D eigenvalue weighted by atomic mass is 10.1.